The molecule has 1 heterocycles. The summed E-state index contributed by atoms with van der Waals surface area (Å²) in [6.07, 6.45) is 0.851. The van der Waals surface area contributed by atoms with E-state index in [0.29, 0.717) is 6.61 Å². The molecule has 1 aliphatic rings. The van der Waals surface area contributed by atoms with Gasteiger partial charge in [-0.25, -0.2) is 0 Å². The van der Waals surface area contributed by atoms with Crippen LogP contribution in [0.1, 0.15) is 36.1 Å². The van der Waals surface area contributed by atoms with E-state index in [1.54, 1.807) is 0 Å². The Hall–Kier alpha value is -0.860. The molecule has 3 atom stereocenters. The SMILES string of the molecule is Cc1cccc(C(O)C2COC(C)C2)c1C. The van der Waals surface area contributed by atoms with Gasteiger partial charge in [0.15, 0.2) is 0 Å². The first-order valence-electron chi connectivity index (χ1n) is 5.95. The zero-order valence-electron chi connectivity index (χ0n) is 10.2. The fourth-order valence-electron chi connectivity index (χ4n) is 2.42. The van der Waals surface area contributed by atoms with Crippen molar-refractivity contribution in [1.29, 1.82) is 0 Å². The summed E-state index contributed by atoms with van der Waals surface area (Å²) in [4.78, 5) is 0. The number of rotatable bonds is 2. The van der Waals surface area contributed by atoms with Crippen molar-refractivity contribution < 1.29 is 9.84 Å². The zero-order chi connectivity index (χ0) is 11.7. The monoisotopic (exact) mass is 220 g/mol. The summed E-state index contributed by atoms with van der Waals surface area (Å²) >= 11 is 0. The molecule has 1 saturated heterocycles. The molecule has 0 aromatic heterocycles. The summed E-state index contributed by atoms with van der Waals surface area (Å²) in [6.45, 7) is 6.90. The lowest BCUT2D eigenvalue weighted by atomic mass is 9.90. The van der Waals surface area contributed by atoms with Gasteiger partial charge in [-0.05, 0) is 43.9 Å². The Morgan fingerprint density at radius 3 is 2.75 bits per heavy atom. The summed E-state index contributed by atoms with van der Waals surface area (Å²) in [5.74, 6) is 0.246. The summed E-state index contributed by atoms with van der Waals surface area (Å²) in [6, 6.07) is 6.12. The van der Waals surface area contributed by atoms with Gasteiger partial charge in [0.2, 0.25) is 0 Å². The van der Waals surface area contributed by atoms with Crippen LogP contribution < -0.4 is 0 Å². The summed E-state index contributed by atoms with van der Waals surface area (Å²) < 4.78 is 5.52. The van der Waals surface area contributed by atoms with Gasteiger partial charge in [-0.1, -0.05) is 18.2 Å². The van der Waals surface area contributed by atoms with Crippen LogP contribution in [0.5, 0.6) is 0 Å². The van der Waals surface area contributed by atoms with E-state index in [9.17, 15) is 5.11 Å². The molecular formula is C14H20O2. The van der Waals surface area contributed by atoms with Gasteiger partial charge in [-0.2, -0.15) is 0 Å². The quantitative estimate of drug-likeness (QED) is 0.830. The Bertz CT molecular complexity index is 373. The van der Waals surface area contributed by atoms with Crippen molar-refractivity contribution in [2.45, 2.75) is 39.4 Å². The highest BCUT2D eigenvalue weighted by molar-refractivity contribution is 5.35. The topological polar surface area (TPSA) is 29.5 Å². The third-order valence-corrected chi connectivity index (χ3v) is 3.64. The molecule has 2 heteroatoms. The van der Waals surface area contributed by atoms with Crippen LogP contribution in [-0.2, 0) is 4.74 Å². The molecule has 1 N–H and O–H groups in total. The minimum absolute atomic E-state index is 0.246. The number of hydrogen-bond acceptors (Lipinski definition) is 2. The summed E-state index contributed by atoms with van der Waals surface area (Å²) in [5.41, 5.74) is 3.50. The molecule has 2 nitrogen and oxygen atoms in total. The molecule has 0 bridgehead atoms. The van der Waals surface area contributed by atoms with Crippen molar-refractivity contribution in [3.05, 3.63) is 34.9 Å². The van der Waals surface area contributed by atoms with E-state index in [1.165, 1.54) is 11.1 Å². The van der Waals surface area contributed by atoms with Crippen LogP contribution in [0.25, 0.3) is 0 Å². The molecule has 88 valence electrons. The Morgan fingerprint density at radius 1 is 1.38 bits per heavy atom. The maximum atomic E-state index is 10.4. The highest BCUT2D eigenvalue weighted by Crippen LogP contribution is 2.33. The van der Waals surface area contributed by atoms with Crippen LogP contribution in [0.3, 0.4) is 0 Å². The number of aliphatic hydroxyl groups excluding tert-OH is 1. The minimum Gasteiger partial charge on any atom is -0.388 e. The fraction of sp³-hybridized carbons (Fsp3) is 0.571. The third kappa shape index (κ3) is 2.13. The number of ether oxygens (including phenoxy) is 1. The minimum atomic E-state index is -0.384. The number of hydrogen-bond donors (Lipinski definition) is 1. The van der Waals surface area contributed by atoms with E-state index in [0.717, 1.165) is 12.0 Å². The van der Waals surface area contributed by atoms with Gasteiger partial charge in [-0.15, -0.1) is 0 Å². The van der Waals surface area contributed by atoms with Crippen molar-refractivity contribution in [2.24, 2.45) is 5.92 Å². The predicted octanol–water partition coefficient (Wildman–Crippen LogP) is 2.76. The zero-order valence-corrected chi connectivity index (χ0v) is 10.2. The molecule has 1 aromatic rings. The molecule has 1 fully saturated rings. The highest BCUT2D eigenvalue weighted by atomic mass is 16.5. The molecule has 2 rings (SSSR count). The van der Waals surface area contributed by atoms with Crippen molar-refractivity contribution in [1.82, 2.24) is 0 Å². The van der Waals surface area contributed by atoms with Gasteiger partial charge in [0.1, 0.15) is 0 Å². The second-order valence-corrected chi connectivity index (χ2v) is 4.87. The third-order valence-electron chi connectivity index (χ3n) is 3.64. The highest BCUT2D eigenvalue weighted by Gasteiger charge is 2.30. The number of aliphatic hydroxyl groups is 1. The van der Waals surface area contributed by atoms with Crippen LogP contribution in [0.2, 0.25) is 0 Å². The predicted molar refractivity (Wildman–Crippen MR) is 64.4 cm³/mol. The molecule has 0 radical (unpaired) electrons. The molecule has 0 amide bonds. The van der Waals surface area contributed by atoms with Crippen molar-refractivity contribution in [3.8, 4) is 0 Å². The van der Waals surface area contributed by atoms with Crippen LogP contribution in [-0.4, -0.2) is 17.8 Å². The molecule has 0 saturated carbocycles. The van der Waals surface area contributed by atoms with E-state index < -0.39 is 0 Å². The van der Waals surface area contributed by atoms with Gasteiger partial charge in [-0.3, -0.25) is 0 Å². The van der Waals surface area contributed by atoms with Crippen LogP contribution in [0.15, 0.2) is 18.2 Å². The molecule has 0 spiro atoms. The average molecular weight is 220 g/mol. The molecule has 1 aromatic carbocycles. The maximum Gasteiger partial charge on any atom is 0.0843 e. The number of benzene rings is 1. The Labute approximate surface area is 97.3 Å². The normalized spacial score (nSPS) is 27.0. The lowest BCUT2D eigenvalue weighted by Gasteiger charge is -2.20. The van der Waals surface area contributed by atoms with Crippen LogP contribution in [0.4, 0.5) is 0 Å². The largest absolute Gasteiger partial charge is 0.388 e. The van der Waals surface area contributed by atoms with Crippen molar-refractivity contribution >= 4 is 0 Å². The van der Waals surface area contributed by atoms with E-state index in [4.69, 9.17) is 4.74 Å². The molecule has 0 aliphatic carbocycles. The summed E-state index contributed by atoms with van der Waals surface area (Å²) in [5, 5.41) is 10.4. The second kappa shape index (κ2) is 4.56. The van der Waals surface area contributed by atoms with Gasteiger partial charge in [0.25, 0.3) is 0 Å². The smallest absolute Gasteiger partial charge is 0.0843 e. The van der Waals surface area contributed by atoms with Crippen molar-refractivity contribution in [3.63, 3.8) is 0 Å². The molecular weight excluding hydrogens is 200 g/mol. The average Bonchev–Trinajstić information content (AvgIpc) is 2.68. The van der Waals surface area contributed by atoms with Gasteiger partial charge in [0.05, 0.1) is 18.8 Å². The Kier molecular flexibility index (Phi) is 3.31. The van der Waals surface area contributed by atoms with E-state index >= 15 is 0 Å². The van der Waals surface area contributed by atoms with E-state index in [1.807, 2.05) is 12.1 Å². The standard InChI is InChI=1S/C14H20O2/c1-9-5-4-6-13(11(9)3)14(15)12-7-10(2)16-8-12/h4-6,10,12,14-15H,7-8H2,1-3H3. The molecule has 3 unspecified atom stereocenters. The fourth-order valence-corrected chi connectivity index (χ4v) is 2.42. The number of aryl methyl sites for hydroxylation is 1. The lowest BCUT2D eigenvalue weighted by Crippen LogP contribution is -2.14. The lowest BCUT2D eigenvalue weighted by molar-refractivity contribution is 0.0800. The first-order chi connectivity index (χ1) is 7.59. The van der Waals surface area contributed by atoms with Gasteiger partial charge in [0, 0.05) is 5.92 Å². The van der Waals surface area contributed by atoms with E-state index in [2.05, 4.69) is 26.8 Å². The molecule has 16 heavy (non-hydrogen) atoms. The second-order valence-electron chi connectivity index (χ2n) is 4.87. The Morgan fingerprint density at radius 2 is 2.12 bits per heavy atom. The van der Waals surface area contributed by atoms with Gasteiger partial charge < -0.3 is 9.84 Å². The van der Waals surface area contributed by atoms with E-state index in [-0.39, 0.29) is 18.1 Å². The first-order valence-corrected chi connectivity index (χ1v) is 5.95. The van der Waals surface area contributed by atoms with Crippen LogP contribution >= 0.6 is 0 Å². The van der Waals surface area contributed by atoms with Gasteiger partial charge >= 0.3 is 0 Å². The molecule has 1 aliphatic heterocycles. The Balaban J connectivity index is 2.20. The van der Waals surface area contributed by atoms with Crippen LogP contribution in [0, 0.1) is 19.8 Å². The maximum absolute atomic E-state index is 10.4. The first kappa shape index (κ1) is 11.6. The van der Waals surface area contributed by atoms with Crippen molar-refractivity contribution in [2.75, 3.05) is 6.61 Å². The summed E-state index contributed by atoms with van der Waals surface area (Å²) in [7, 11) is 0.